The Morgan fingerprint density at radius 2 is 1.85 bits per heavy atom. The Morgan fingerprint density at radius 1 is 1.12 bits per heavy atom. The minimum absolute atomic E-state index is 0.0789. The number of hydrogen-bond acceptors (Lipinski definition) is 5. The van der Waals surface area contributed by atoms with Crippen LogP contribution in [0.15, 0.2) is 49.2 Å². The molecular formula is C24H31N5O4. The molecule has 0 atom stereocenters. The Labute approximate surface area is 193 Å². The summed E-state index contributed by atoms with van der Waals surface area (Å²) in [6.45, 7) is 5.58. The number of aryl methyl sites for hydroxylation is 1. The number of piperidine rings is 1. The van der Waals surface area contributed by atoms with Gasteiger partial charge in [-0.25, -0.2) is 0 Å². The van der Waals surface area contributed by atoms with Crippen LogP contribution in [0.5, 0.6) is 0 Å². The number of rotatable bonds is 11. The maximum absolute atomic E-state index is 12.4. The molecule has 1 saturated heterocycles. The van der Waals surface area contributed by atoms with Crippen LogP contribution in [0.25, 0.3) is 0 Å². The number of hydrogen-bond donors (Lipinski definition) is 2. The van der Waals surface area contributed by atoms with Gasteiger partial charge in [-0.2, -0.15) is 0 Å². The number of benzene rings is 1. The molecular weight excluding hydrogens is 422 g/mol. The fraction of sp³-hybridized carbons (Fsp3) is 0.458. The van der Waals surface area contributed by atoms with Gasteiger partial charge in [0.05, 0.1) is 18.2 Å². The van der Waals surface area contributed by atoms with Gasteiger partial charge in [-0.3, -0.25) is 19.1 Å². The zero-order chi connectivity index (χ0) is 23.7. The average molecular weight is 454 g/mol. The number of carbonyl (C=O) groups is 3. The molecule has 9 heteroatoms. The van der Waals surface area contributed by atoms with Gasteiger partial charge in [-0.05, 0) is 37.8 Å². The number of carboxylic acid groups (broad SMARTS) is 1. The van der Waals surface area contributed by atoms with Gasteiger partial charge >= 0.3 is 5.97 Å². The highest BCUT2D eigenvalue weighted by Gasteiger charge is 2.39. The highest BCUT2D eigenvalue weighted by Crippen LogP contribution is 2.33. The highest BCUT2D eigenvalue weighted by atomic mass is 16.4. The molecule has 0 radical (unpaired) electrons. The van der Waals surface area contributed by atoms with Crippen molar-refractivity contribution in [2.45, 2.75) is 51.6 Å². The van der Waals surface area contributed by atoms with Crippen LogP contribution in [0.4, 0.5) is 0 Å². The van der Waals surface area contributed by atoms with Crippen LogP contribution in [0.3, 0.4) is 0 Å². The molecule has 0 bridgehead atoms. The topological polar surface area (TPSA) is 117 Å². The monoisotopic (exact) mass is 453 g/mol. The molecule has 3 rings (SSSR count). The van der Waals surface area contributed by atoms with Crippen molar-refractivity contribution in [1.29, 1.82) is 0 Å². The fourth-order valence-electron chi connectivity index (χ4n) is 3.94. The standard InChI is InChI=1S/C24H31N5O4/c1-2-24(23(32)33)12-15-28(16-13-24)21(30)11-7-4-8-14-29-18-20(26-27-29)17-25-22(31)19-9-5-3-6-10-19/h2-3,5-6,9-10,18H,1,4,7-8,11-17H2,(H,25,31)(H,32,33). The molecule has 0 aliphatic carbocycles. The van der Waals surface area contributed by atoms with Crippen LogP contribution in [0.2, 0.25) is 0 Å². The zero-order valence-corrected chi connectivity index (χ0v) is 18.8. The summed E-state index contributed by atoms with van der Waals surface area (Å²) < 4.78 is 1.75. The van der Waals surface area contributed by atoms with Crippen molar-refractivity contribution in [2.24, 2.45) is 5.41 Å². The number of nitrogens with zero attached hydrogens (tertiary/aromatic N) is 4. The summed E-state index contributed by atoms with van der Waals surface area (Å²) in [7, 11) is 0. The first-order valence-electron chi connectivity index (χ1n) is 11.3. The number of carbonyl (C=O) groups excluding carboxylic acids is 2. The van der Waals surface area contributed by atoms with Crippen molar-refractivity contribution >= 4 is 17.8 Å². The second kappa shape index (κ2) is 11.4. The molecule has 1 aliphatic rings. The predicted octanol–water partition coefficient (Wildman–Crippen LogP) is 2.65. The molecule has 0 spiro atoms. The van der Waals surface area contributed by atoms with Gasteiger partial charge in [0.1, 0.15) is 5.69 Å². The molecule has 33 heavy (non-hydrogen) atoms. The van der Waals surface area contributed by atoms with E-state index in [1.165, 1.54) is 6.08 Å². The first-order valence-corrected chi connectivity index (χ1v) is 11.3. The molecule has 2 heterocycles. The van der Waals surface area contributed by atoms with Crippen LogP contribution in [-0.2, 0) is 22.7 Å². The van der Waals surface area contributed by atoms with Gasteiger partial charge in [0.25, 0.3) is 5.91 Å². The molecule has 2 aromatic rings. The summed E-state index contributed by atoms with van der Waals surface area (Å²) in [5.74, 6) is -0.934. The third-order valence-corrected chi connectivity index (χ3v) is 6.16. The smallest absolute Gasteiger partial charge is 0.313 e. The molecule has 176 valence electrons. The lowest BCUT2D eigenvalue weighted by Crippen LogP contribution is -2.45. The molecule has 1 fully saturated rings. The number of likely N-dealkylation sites (tertiary alicyclic amines) is 1. The number of aliphatic carboxylic acids is 1. The minimum atomic E-state index is -0.905. The van der Waals surface area contributed by atoms with Crippen molar-refractivity contribution < 1.29 is 19.5 Å². The molecule has 9 nitrogen and oxygen atoms in total. The number of aromatic nitrogens is 3. The van der Waals surface area contributed by atoms with Gasteiger partial charge < -0.3 is 15.3 Å². The van der Waals surface area contributed by atoms with Crippen molar-refractivity contribution in [2.75, 3.05) is 13.1 Å². The summed E-state index contributed by atoms with van der Waals surface area (Å²) in [5, 5.41) is 20.4. The summed E-state index contributed by atoms with van der Waals surface area (Å²) in [6.07, 6.45) is 7.13. The molecule has 2 amide bonds. The van der Waals surface area contributed by atoms with Crippen LogP contribution in [-0.4, -0.2) is 55.9 Å². The maximum atomic E-state index is 12.4. The Bertz CT molecular complexity index is 964. The van der Waals surface area contributed by atoms with Crippen LogP contribution < -0.4 is 5.32 Å². The lowest BCUT2D eigenvalue weighted by atomic mass is 9.78. The SMILES string of the molecule is C=CC1(C(=O)O)CCN(C(=O)CCCCCn2cc(CNC(=O)c3ccccc3)nn2)CC1. The van der Waals surface area contributed by atoms with E-state index in [-0.39, 0.29) is 11.8 Å². The van der Waals surface area contributed by atoms with E-state index >= 15 is 0 Å². The Balaban J connectivity index is 1.30. The first-order chi connectivity index (χ1) is 15.9. The zero-order valence-electron chi connectivity index (χ0n) is 18.8. The van der Waals surface area contributed by atoms with Crippen molar-refractivity contribution in [3.8, 4) is 0 Å². The third-order valence-electron chi connectivity index (χ3n) is 6.16. The quantitative estimate of drug-likeness (QED) is 0.399. The Hall–Kier alpha value is -3.49. The van der Waals surface area contributed by atoms with Crippen LogP contribution in [0.1, 0.15) is 54.6 Å². The lowest BCUT2D eigenvalue weighted by Gasteiger charge is -2.37. The van der Waals surface area contributed by atoms with E-state index < -0.39 is 11.4 Å². The predicted molar refractivity (Wildman–Crippen MR) is 122 cm³/mol. The van der Waals surface area contributed by atoms with Crippen LogP contribution in [0, 0.1) is 5.41 Å². The summed E-state index contributed by atoms with van der Waals surface area (Å²) in [5.41, 5.74) is 0.389. The first kappa shape index (κ1) is 24.2. The molecule has 1 aromatic carbocycles. The third kappa shape index (κ3) is 6.50. The normalized spacial score (nSPS) is 15.1. The van der Waals surface area contributed by atoms with Gasteiger partial charge in [0.2, 0.25) is 5.91 Å². The second-order valence-electron chi connectivity index (χ2n) is 8.38. The number of unbranched alkanes of at least 4 members (excludes halogenated alkanes) is 2. The van der Waals surface area contributed by atoms with E-state index in [2.05, 4.69) is 22.2 Å². The Kier molecular flexibility index (Phi) is 8.34. The van der Waals surface area contributed by atoms with Gasteiger partial charge in [0.15, 0.2) is 0 Å². The Morgan fingerprint density at radius 3 is 2.52 bits per heavy atom. The fourth-order valence-corrected chi connectivity index (χ4v) is 3.94. The summed E-state index contributed by atoms with van der Waals surface area (Å²) >= 11 is 0. The summed E-state index contributed by atoms with van der Waals surface area (Å²) in [4.78, 5) is 37.7. The largest absolute Gasteiger partial charge is 0.481 e. The van der Waals surface area contributed by atoms with E-state index in [0.29, 0.717) is 56.7 Å². The molecule has 0 saturated carbocycles. The highest BCUT2D eigenvalue weighted by molar-refractivity contribution is 5.94. The lowest BCUT2D eigenvalue weighted by molar-refractivity contribution is -0.150. The summed E-state index contributed by atoms with van der Waals surface area (Å²) in [6, 6.07) is 9.01. The van der Waals surface area contributed by atoms with Crippen LogP contribution >= 0.6 is 0 Å². The molecule has 1 aliphatic heterocycles. The number of nitrogens with one attached hydrogen (secondary N) is 1. The number of amides is 2. The van der Waals surface area contributed by atoms with Gasteiger partial charge in [-0.1, -0.05) is 35.9 Å². The van der Waals surface area contributed by atoms with E-state index in [9.17, 15) is 19.5 Å². The van der Waals surface area contributed by atoms with Gasteiger partial charge in [-0.15, -0.1) is 11.7 Å². The van der Waals surface area contributed by atoms with Crippen molar-refractivity contribution in [1.82, 2.24) is 25.2 Å². The van der Waals surface area contributed by atoms with Crippen molar-refractivity contribution in [3.05, 3.63) is 60.4 Å². The van der Waals surface area contributed by atoms with Crippen molar-refractivity contribution in [3.63, 3.8) is 0 Å². The van der Waals surface area contributed by atoms with E-state index in [1.807, 2.05) is 24.4 Å². The minimum Gasteiger partial charge on any atom is -0.481 e. The molecule has 2 N–H and O–H groups in total. The average Bonchev–Trinajstić information content (AvgIpc) is 3.30. The molecule has 0 unspecified atom stereocenters. The van der Waals surface area contributed by atoms with E-state index in [4.69, 9.17) is 0 Å². The van der Waals surface area contributed by atoms with E-state index in [0.717, 1.165) is 19.3 Å². The van der Waals surface area contributed by atoms with Gasteiger partial charge in [0, 0.05) is 31.6 Å². The second-order valence-corrected chi connectivity index (χ2v) is 8.38. The van der Waals surface area contributed by atoms with E-state index in [1.54, 1.807) is 21.7 Å². The number of carboxylic acids is 1. The maximum Gasteiger partial charge on any atom is 0.313 e. The molecule has 1 aromatic heterocycles.